The van der Waals surface area contributed by atoms with E-state index in [-0.39, 0.29) is 11.4 Å². The lowest BCUT2D eigenvalue weighted by Crippen LogP contribution is -1.94. The van der Waals surface area contributed by atoms with Crippen molar-refractivity contribution >= 4 is 21.6 Å². The van der Waals surface area contributed by atoms with E-state index < -0.39 is 4.92 Å². The van der Waals surface area contributed by atoms with Crippen molar-refractivity contribution in [1.29, 1.82) is 0 Å². The molecule has 0 radical (unpaired) electrons. The van der Waals surface area contributed by atoms with Gasteiger partial charge in [0.25, 0.3) is 0 Å². The fraction of sp³-hybridized carbons (Fsp3) is 0.0833. The summed E-state index contributed by atoms with van der Waals surface area (Å²) in [5.74, 6) is 0.653. The van der Waals surface area contributed by atoms with Crippen molar-refractivity contribution in [3.8, 4) is 11.5 Å². The van der Waals surface area contributed by atoms with E-state index in [1.807, 2.05) is 0 Å². The summed E-state index contributed by atoms with van der Waals surface area (Å²) in [4.78, 5) is 14.4. The van der Waals surface area contributed by atoms with E-state index in [4.69, 9.17) is 4.74 Å². The first-order valence-electron chi connectivity index (χ1n) is 5.11. The summed E-state index contributed by atoms with van der Waals surface area (Å²) in [5.41, 5.74) is 0.751. The Balaban J connectivity index is 2.34. The molecule has 0 aliphatic heterocycles. The number of nitro groups is 1. The zero-order chi connectivity index (χ0) is 13.1. The predicted molar refractivity (Wildman–Crippen MR) is 69.8 cm³/mol. The standard InChI is InChI=1S/C12H9BrN2O3/c1-8-2-4-11(10(6-8)15(16)17)18-9-3-5-12(13)14-7-9/h2-7H,1H3. The maximum Gasteiger partial charge on any atom is 0.311 e. The van der Waals surface area contributed by atoms with Crippen LogP contribution in [0, 0.1) is 17.0 Å². The highest BCUT2D eigenvalue weighted by Gasteiger charge is 2.15. The Bertz CT molecular complexity index is 584. The number of benzene rings is 1. The van der Waals surface area contributed by atoms with E-state index in [2.05, 4.69) is 20.9 Å². The molecule has 0 spiro atoms. The molecule has 1 heterocycles. The number of pyridine rings is 1. The van der Waals surface area contributed by atoms with Gasteiger partial charge in [-0.15, -0.1) is 0 Å². The molecule has 0 saturated heterocycles. The summed E-state index contributed by atoms with van der Waals surface area (Å²) in [6.07, 6.45) is 1.49. The Hall–Kier alpha value is -1.95. The lowest BCUT2D eigenvalue weighted by molar-refractivity contribution is -0.385. The summed E-state index contributed by atoms with van der Waals surface area (Å²) < 4.78 is 6.13. The fourth-order valence-corrected chi connectivity index (χ4v) is 1.64. The van der Waals surface area contributed by atoms with Crippen LogP contribution in [0.3, 0.4) is 0 Å². The molecule has 0 N–H and O–H groups in total. The quantitative estimate of drug-likeness (QED) is 0.490. The lowest BCUT2D eigenvalue weighted by atomic mass is 10.2. The minimum absolute atomic E-state index is 0.0575. The van der Waals surface area contributed by atoms with Crippen molar-refractivity contribution in [3.05, 3.63) is 56.8 Å². The van der Waals surface area contributed by atoms with Crippen molar-refractivity contribution in [3.63, 3.8) is 0 Å². The van der Waals surface area contributed by atoms with E-state index in [9.17, 15) is 10.1 Å². The van der Waals surface area contributed by atoms with Gasteiger partial charge in [0.15, 0.2) is 0 Å². The molecule has 18 heavy (non-hydrogen) atoms. The number of nitro benzene ring substituents is 1. The molecular weight excluding hydrogens is 300 g/mol. The van der Waals surface area contributed by atoms with Crippen molar-refractivity contribution in [2.24, 2.45) is 0 Å². The summed E-state index contributed by atoms with van der Waals surface area (Å²) >= 11 is 3.20. The van der Waals surface area contributed by atoms with Gasteiger partial charge in [-0.2, -0.15) is 0 Å². The first kappa shape index (κ1) is 12.5. The number of ether oxygens (including phenoxy) is 1. The van der Waals surface area contributed by atoms with E-state index in [1.165, 1.54) is 12.3 Å². The highest BCUT2D eigenvalue weighted by Crippen LogP contribution is 2.31. The molecule has 0 fully saturated rings. The van der Waals surface area contributed by atoms with Crippen LogP contribution in [0.25, 0.3) is 0 Å². The number of halogens is 1. The molecule has 0 amide bonds. The van der Waals surface area contributed by atoms with Gasteiger partial charge in [0.1, 0.15) is 10.4 Å². The van der Waals surface area contributed by atoms with Crippen LogP contribution in [-0.4, -0.2) is 9.91 Å². The van der Waals surface area contributed by atoms with Crippen LogP contribution in [-0.2, 0) is 0 Å². The van der Waals surface area contributed by atoms with Gasteiger partial charge in [0, 0.05) is 6.07 Å². The summed E-state index contributed by atoms with van der Waals surface area (Å²) in [6, 6.07) is 8.20. The van der Waals surface area contributed by atoms with Crippen molar-refractivity contribution in [2.75, 3.05) is 0 Å². The highest BCUT2D eigenvalue weighted by molar-refractivity contribution is 9.10. The Morgan fingerprint density at radius 1 is 1.33 bits per heavy atom. The second kappa shape index (κ2) is 5.14. The SMILES string of the molecule is Cc1ccc(Oc2ccc(Br)nc2)c([N+](=O)[O-])c1. The minimum atomic E-state index is -0.464. The first-order chi connectivity index (χ1) is 8.56. The van der Waals surface area contributed by atoms with Crippen LogP contribution < -0.4 is 4.74 Å². The fourth-order valence-electron chi connectivity index (χ4n) is 1.41. The Labute approximate surface area is 112 Å². The largest absolute Gasteiger partial charge is 0.449 e. The predicted octanol–water partition coefficient (Wildman–Crippen LogP) is 3.85. The topological polar surface area (TPSA) is 65.3 Å². The maximum absolute atomic E-state index is 10.9. The number of hydrogen-bond donors (Lipinski definition) is 0. The van der Waals surface area contributed by atoms with Gasteiger partial charge in [0.05, 0.1) is 11.1 Å². The van der Waals surface area contributed by atoms with Crippen LogP contribution >= 0.6 is 15.9 Å². The van der Waals surface area contributed by atoms with Crippen LogP contribution in [0.4, 0.5) is 5.69 Å². The van der Waals surface area contributed by atoms with Gasteiger partial charge in [-0.05, 0) is 46.6 Å². The zero-order valence-electron chi connectivity index (χ0n) is 9.46. The second-order valence-corrected chi connectivity index (χ2v) is 4.46. The van der Waals surface area contributed by atoms with E-state index in [0.717, 1.165) is 5.56 Å². The van der Waals surface area contributed by atoms with Gasteiger partial charge < -0.3 is 4.74 Å². The van der Waals surface area contributed by atoms with Crippen LogP contribution in [0.15, 0.2) is 41.1 Å². The van der Waals surface area contributed by atoms with Gasteiger partial charge in [-0.3, -0.25) is 10.1 Å². The Morgan fingerprint density at radius 2 is 2.11 bits per heavy atom. The van der Waals surface area contributed by atoms with Gasteiger partial charge in [0.2, 0.25) is 5.75 Å². The van der Waals surface area contributed by atoms with Gasteiger partial charge in [-0.1, -0.05) is 6.07 Å². The molecular formula is C12H9BrN2O3. The molecule has 0 aliphatic carbocycles. The monoisotopic (exact) mass is 308 g/mol. The lowest BCUT2D eigenvalue weighted by Gasteiger charge is -2.06. The minimum Gasteiger partial charge on any atom is -0.449 e. The highest BCUT2D eigenvalue weighted by atomic mass is 79.9. The Kier molecular flexibility index (Phi) is 3.57. The normalized spacial score (nSPS) is 10.1. The number of nitrogens with zero attached hydrogens (tertiary/aromatic N) is 2. The number of rotatable bonds is 3. The second-order valence-electron chi connectivity index (χ2n) is 3.65. The van der Waals surface area contributed by atoms with Crippen molar-refractivity contribution < 1.29 is 9.66 Å². The van der Waals surface area contributed by atoms with Crippen LogP contribution in [0.5, 0.6) is 11.5 Å². The molecule has 0 bridgehead atoms. The van der Waals surface area contributed by atoms with Crippen molar-refractivity contribution in [1.82, 2.24) is 4.98 Å². The number of hydrogen-bond acceptors (Lipinski definition) is 4. The number of aromatic nitrogens is 1. The third kappa shape index (κ3) is 2.84. The molecule has 92 valence electrons. The molecule has 0 saturated carbocycles. The summed E-state index contributed by atoms with van der Waals surface area (Å²) in [5, 5.41) is 10.9. The molecule has 6 heteroatoms. The molecule has 2 aromatic rings. The molecule has 0 unspecified atom stereocenters. The molecule has 0 atom stereocenters. The molecule has 1 aromatic carbocycles. The molecule has 5 nitrogen and oxygen atoms in total. The average molecular weight is 309 g/mol. The smallest absolute Gasteiger partial charge is 0.311 e. The number of aryl methyl sites for hydroxylation is 1. The molecule has 1 aromatic heterocycles. The van der Waals surface area contributed by atoms with Crippen LogP contribution in [0.1, 0.15) is 5.56 Å². The van der Waals surface area contributed by atoms with Crippen LogP contribution in [0.2, 0.25) is 0 Å². The van der Waals surface area contributed by atoms with E-state index in [0.29, 0.717) is 10.4 Å². The third-order valence-electron chi connectivity index (χ3n) is 2.24. The first-order valence-corrected chi connectivity index (χ1v) is 5.90. The zero-order valence-corrected chi connectivity index (χ0v) is 11.0. The van der Waals surface area contributed by atoms with Crippen molar-refractivity contribution in [2.45, 2.75) is 6.92 Å². The summed E-state index contributed by atoms with van der Waals surface area (Å²) in [7, 11) is 0. The van der Waals surface area contributed by atoms with E-state index in [1.54, 1.807) is 31.2 Å². The summed E-state index contributed by atoms with van der Waals surface area (Å²) in [6.45, 7) is 1.79. The molecule has 0 aliphatic rings. The van der Waals surface area contributed by atoms with Gasteiger partial charge in [-0.25, -0.2) is 4.98 Å². The molecule has 2 rings (SSSR count). The maximum atomic E-state index is 10.9. The van der Waals surface area contributed by atoms with Gasteiger partial charge >= 0.3 is 5.69 Å². The third-order valence-corrected chi connectivity index (χ3v) is 2.71. The average Bonchev–Trinajstić information content (AvgIpc) is 2.34. The van der Waals surface area contributed by atoms with E-state index >= 15 is 0 Å². The Morgan fingerprint density at radius 3 is 2.72 bits per heavy atom.